The maximum atomic E-state index is 13.7. The Bertz CT molecular complexity index is 748. The summed E-state index contributed by atoms with van der Waals surface area (Å²) in [5, 5.41) is 4.65. The molecular formula is C15H12ClF2N3O2. The summed E-state index contributed by atoms with van der Waals surface area (Å²) in [4.78, 5) is 23.5. The van der Waals surface area contributed by atoms with Gasteiger partial charge in [0.05, 0.1) is 28.5 Å². The number of nitrogens with one attached hydrogen (secondary N) is 2. The van der Waals surface area contributed by atoms with Gasteiger partial charge in [-0.25, -0.2) is 8.78 Å². The largest absolute Gasteiger partial charge is 0.323 e. The number of amides is 2. The highest BCUT2D eigenvalue weighted by molar-refractivity contribution is 6.34. The molecule has 0 spiro atoms. The van der Waals surface area contributed by atoms with E-state index in [1.807, 2.05) is 0 Å². The molecule has 2 amide bonds. The smallest absolute Gasteiger partial charge is 0.260 e. The van der Waals surface area contributed by atoms with E-state index in [2.05, 4.69) is 10.6 Å². The molecule has 0 aromatic heterocycles. The van der Waals surface area contributed by atoms with Gasteiger partial charge in [0.2, 0.25) is 5.91 Å². The first kappa shape index (κ1) is 16.9. The van der Waals surface area contributed by atoms with E-state index in [4.69, 9.17) is 17.3 Å². The maximum Gasteiger partial charge on any atom is 0.260 e. The molecule has 0 atom stereocenters. The Labute approximate surface area is 135 Å². The van der Waals surface area contributed by atoms with E-state index in [0.717, 1.165) is 18.2 Å². The van der Waals surface area contributed by atoms with Crippen LogP contribution in [0.3, 0.4) is 0 Å². The maximum absolute atomic E-state index is 13.7. The van der Waals surface area contributed by atoms with Crippen molar-refractivity contribution in [2.75, 3.05) is 17.2 Å². The van der Waals surface area contributed by atoms with E-state index in [1.54, 1.807) is 0 Å². The van der Waals surface area contributed by atoms with E-state index >= 15 is 0 Å². The highest BCUT2D eigenvalue weighted by Gasteiger charge is 2.17. The molecule has 0 aliphatic carbocycles. The third kappa shape index (κ3) is 4.02. The minimum atomic E-state index is -0.831. The average molecular weight is 340 g/mol. The van der Waals surface area contributed by atoms with Crippen molar-refractivity contribution in [1.29, 1.82) is 0 Å². The Kier molecular flexibility index (Phi) is 5.25. The fourth-order valence-corrected chi connectivity index (χ4v) is 2.08. The summed E-state index contributed by atoms with van der Waals surface area (Å²) >= 11 is 5.82. The summed E-state index contributed by atoms with van der Waals surface area (Å²) < 4.78 is 27.1. The van der Waals surface area contributed by atoms with Crippen LogP contribution in [0.5, 0.6) is 0 Å². The Morgan fingerprint density at radius 2 is 1.83 bits per heavy atom. The van der Waals surface area contributed by atoms with Gasteiger partial charge in [0, 0.05) is 0 Å². The topological polar surface area (TPSA) is 84.2 Å². The van der Waals surface area contributed by atoms with Crippen molar-refractivity contribution >= 4 is 34.8 Å². The quantitative estimate of drug-likeness (QED) is 0.800. The molecule has 0 bridgehead atoms. The van der Waals surface area contributed by atoms with Crippen LogP contribution in [0.2, 0.25) is 5.02 Å². The van der Waals surface area contributed by atoms with Gasteiger partial charge >= 0.3 is 0 Å². The van der Waals surface area contributed by atoms with Gasteiger partial charge in [-0.05, 0) is 30.3 Å². The monoisotopic (exact) mass is 339 g/mol. The first-order valence-corrected chi connectivity index (χ1v) is 6.85. The fourth-order valence-electron chi connectivity index (χ4n) is 1.83. The average Bonchev–Trinajstić information content (AvgIpc) is 2.49. The molecule has 2 rings (SSSR count). The molecule has 5 nitrogen and oxygen atoms in total. The van der Waals surface area contributed by atoms with Gasteiger partial charge in [0.1, 0.15) is 11.6 Å². The van der Waals surface area contributed by atoms with Crippen LogP contribution in [0.25, 0.3) is 0 Å². The van der Waals surface area contributed by atoms with Crippen molar-refractivity contribution in [3.8, 4) is 0 Å². The molecule has 0 aliphatic heterocycles. The van der Waals surface area contributed by atoms with Crippen LogP contribution in [0.15, 0.2) is 36.4 Å². The standard InChI is InChI=1S/C15H12ClF2N3O2/c16-9-2-1-3-10(18)14(9)15(23)21-11-5-4-8(17)6-12(11)20-13(22)7-19/h1-6H,7,19H2,(H,20,22)(H,21,23). The van der Waals surface area contributed by atoms with Crippen LogP contribution < -0.4 is 16.4 Å². The summed E-state index contributed by atoms with van der Waals surface area (Å²) in [6.07, 6.45) is 0. The minimum absolute atomic E-state index is 0.00117. The van der Waals surface area contributed by atoms with Gasteiger partial charge in [0.15, 0.2) is 0 Å². The second-order valence-corrected chi connectivity index (χ2v) is 4.90. The lowest BCUT2D eigenvalue weighted by Crippen LogP contribution is -2.23. The van der Waals surface area contributed by atoms with Crippen LogP contribution in [-0.2, 0) is 4.79 Å². The molecule has 0 heterocycles. The zero-order valence-corrected chi connectivity index (χ0v) is 12.5. The molecule has 0 saturated carbocycles. The first-order valence-electron chi connectivity index (χ1n) is 6.47. The van der Waals surface area contributed by atoms with E-state index in [9.17, 15) is 18.4 Å². The number of hydrogen-bond donors (Lipinski definition) is 3. The zero-order valence-electron chi connectivity index (χ0n) is 11.7. The van der Waals surface area contributed by atoms with Gasteiger partial charge in [-0.1, -0.05) is 17.7 Å². The molecule has 0 unspecified atom stereocenters. The van der Waals surface area contributed by atoms with E-state index in [-0.39, 0.29) is 28.5 Å². The SMILES string of the molecule is NCC(=O)Nc1cc(F)ccc1NC(=O)c1c(F)cccc1Cl. The molecule has 0 saturated heterocycles. The zero-order chi connectivity index (χ0) is 17.0. The van der Waals surface area contributed by atoms with Crippen LogP contribution in [0.4, 0.5) is 20.2 Å². The molecule has 4 N–H and O–H groups in total. The minimum Gasteiger partial charge on any atom is -0.323 e. The molecule has 0 radical (unpaired) electrons. The van der Waals surface area contributed by atoms with Crippen molar-refractivity contribution in [1.82, 2.24) is 0 Å². The van der Waals surface area contributed by atoms with Gasteiger partial charge in [0.25, 0.3) is 5.91 Å². The molecular weight excluding hydrogens is 328 g/mol. The Morgan fingerprint density at radius 3 is 2.48 bits per heavy atom. The number of nitrogens with two attached hydrogens (primary N) is 1. The van der Waals surface area contributed by atoms with Crippen LogP contribution in [0.1, 0.15) is 10.4 Å². The van der Waals surface area contributed by atoms with E-state index < -0.39 is 23.4 Å². The summed E-state index contributed by atoms with van der Waals surface area (Å²) in [7, 11) is 0. The van der Waals surface area contributed by atoms with E-state index in [1.165, 1.54) is 18.2 Å². The van der Waals surface area contributed by atoms with Crippen molar-refractivity contribution in [3.05, 3.63) is 58.6 Å². The fraction of sp³-hybridized carbons (Fsp3) is 0.0667. The number of halogens is 3. The normalized spacial score (nSPS) is 10.3. The van der Waals surface area contributed by atoms with Crippen LogP contribution in [0, 0.1) is 11.6 Å². The number of anilines is 2. The summed E-state index contributed by atoms with van der Waals surface area (Å²) in [6, 6.07) is 7.13. The van der Waals surface area contributed by atoms with Crippen molar-refractivity contribution in [2.24, 2.45) is 5.73 Å². The summed E-state index contributed by atoms with van der Waals surface area (Å²) in [5.74, 6) is -2.83. The Hall–Kier alpha value is -2.51. The Morgan fingerprint density at radius 1 is 1.09 bits per heavy atom. The number of rotatable bonds is 4. The number of carbonyl (C=O) groups is 2. The highest BCUT2D eigenvalue weighted by atomic mass is 35.5. The summed E-state index contributed by atoms with van der Waals surface area (Å²) in [5.41, 5.74) is 4.91. The lowest BCUT2D eigenvalue weighted by Gasteiger charge is -2.13. The summed E-state index contributed by atoms with van der Waals surface area (Å²) in [6.45, 7) is -0.316. The highest BCUT2D eigenvalue weighted by Crippen LogP contribution is 2.25. The van der Waals surface area contributed by atoms with Crippen LogP contribution in [-0.4, -0.2) is 18.4 Å². The first-order chi connectivity index (χ1) is 10.9. The van der Waals surface area contributed by atoms with Gasteiger partial charge < -0.3 is 16.4 Å². The molecule has 2 aromatic rings. The van der Waals surface area contributed by atoms with Crippen LogP contribution >= 0.6 is 11.6 Å². The second kappa shape index (κ2) is 7.17. The van der Waals surface area contributed by atoms with Crippen molar-refractivity contribution < 1.29 is 18.4 Å². The Balaban J connectivity index is 2.32. The molecule has 2 aromatic carbocycles. The lowest BCUT2D eigenvalue weighted by atomic mass is 10.2. The second-order valence-electron chi connectivity index (χ2n) is 4.49. The van der Waals surface area contributed by atoms with Gasteiger partial charge in [-0.2, -0.15) is 0 Å². The lowest BCUT2D eigenvalue weighted by molar-refractivity contribution is -0.114. The molecule has 0 fully saturated rings. The van der Waals surface area contributed by atoms with Crippen molar-refractivity contribution in [3.63, 3.8) is 0 Å². The predicted octanol–water partition coefficient (Wildman–Crippen LogP) is 2.77. The van der Waals surface area contributed by atoms with Gasteiger partial charge in [-0.3, -0.25) is 9.59 Å². The number of carbonyl (C=O) groups excluding carboxylic acids is 2. The molecule has 8 heteroatoms. The van der Waals surface area contributed by atoms with Gasteiger partial charge in [-0.15, -0.1) is 0 Å². The number of hydrogen-bond acceptors (Lipinski definition) is 3. The predicted molar refractivity (Wildman–Crippen MR) is 83.4 cm³/mol. The van der Waals surface area contributed by atoms with Crippen molar-refractivity contribution in [2.45, 2.75) is 0 Å². The third-order valence-electron chi connectivity index (χ3n) is 2.88. The van der Waals surface area contributed by atoms with E-state index in [0.29, 0.717) is 0 Å². The molecule has 0 aliphatic rings. The molecule has 23 heavy (non-hydrogen) atoms. The third-order valence-corrected chi connectivity index (χ3v) is 3.19. The number of benzene rings is 2. The molecule has 120 valence electrons.